The van der Waals surface area contributed by atoms with Gasteiger partial charge in [0.15, 0.2) is 24.5 Å². The number of fused-ring (bicyclic) bond motifs is 7. The molecule has 9 nitrogen and oxygen atoms in total. The molecule has 2 aromatic carbocycles. The fraction of sp³-hybridized carbons (Fsp3) is 0.414. The smallest absolute Gasteiger partial charge is 0.303 e. The Kier molecular flexibility index (Phi) is 6.10. The van der Waals surface area contributed by atoms with Crippen molar-refractivity contribution < 1.29 is 33.3 Å². The van der Waals surface area contributed by atoms with Gasteiger partial charge in [0.2, 0.25) is 0 Å². The molecule has 0 amide bonds. The first kappa shape index (κ1) is 24.5. The molecule has 1 N–H and O–H groups in total. The molecule has 1 aliphatic carbocycles. The fourth-order valence-corrected chi connectivity index (χ4v) is 6.50. The molecule has 3 aromatic rings. The number of benzene rings is 2. The molecule has 4 unspecified atom stereocenters. The standard InChI is InChI=1S/C29H30N2O7/c1-15(32)36-24-14-35-29(28(38-17(3)34)27(24)37-16(2)33)31-23-11-7-5-9-19(23)21-13-12-20-18-8-4-6-10-22(18)30-25(20)26(21)31/h4-11,21,24,26-30H,12-14H2,1-3H3/t21-,24?,26+,27?,28?,29?/m1/s1. The van der Waals surface area contributed by atoms with Gasteiger partial charge in [-0.1, -0.05) is 36.4 Å². The summed E-state index contributed by atoms with van der Waals surface area (Å²) < 4.78 is 23.2. The summed E-state index contributed by atoms with van der Waals surface area (Å²) in [5.41, 5.74) is 5.62. The summed E-state index contributed by atoms with van der Waals surface area (Å²) in [4.78, 5) is 42.1. The van der Waals surface area contributed by atoms with Crippen molar-refractivity contribution in [2.75, 3.05) is 11.5 Å². The van der Waals surface area contributed by atoms with Gasteiger partial charge in [-0.25, -0.2) is 0 Å². The summed E-state index contributed by atoms with van der Waals surface area (Å²) in [6.45, 7) is 3.84. The second-order valence-electron chi connectivity index (χ2n) is 10.1. The van der Waals surface area contributed by atoms with Gasteiger partial charge in [-0.2, -0.15) is 0 Å². The van der Waals surface area contributed by atoms with Crippen LogP contribution in [0.3, 0.4) is 0 Å². The highest BCUT2D eigenvalue weighted by Gasteiger charge is 2.54. The quantitative estimate of drug-likeness (QED) is 0.409. The van der Waals surface area contributed by atoms with Gasteiger partial charge >= 0.3 is 17.9 Å². The first-order valence-electron chi connectivity index (χ1n) is 12.9. The van der Waals surface area contributed by atoms with Crippen LogP contribution in [0.2, 0.25) is 0 Å². The minimum Gasteiger partial charge on any atom is -0.456 e. The van der Waals surface area contributed by atoms with Crippen molar-refractivity contribution in [2.24, 2.45) is 0 Å². The van der Waals surface area contributed by atoms with Gasteiger partial charge < -0.3 is 28.8 Å². The van der Waals surface area contributed by atoms with E-state index in [-0.39, 0.29) is 18.6 Å². The minimum absolute atomic E-state index is 0.0183. The molecule has 1 saturated heterocycles. The Balaban J connectivity index is 1.48. The van der Waals surface area contributed by atoms with Crippen molar-refractivity contribution in [3.8, 4) is 0 Å². The summed E-state index contributed by atoms with van der Waals surface area (Å²) in [6.07, 6.45) is -1.88. The highest BCUT2D eigenvalue weighted by Crippen LogP contribution is 2.56. The summed E-state index contributed by atoms with van der Waals surface area (Å²) in [6, 6.07) is 16.3. The van der Waals surface area contributed by atoms with E-state index in [1.807, 2.05) is 30.3 Å². The van der Waals surface area contributed by atoms with Gasteiger partial charge in [-0.3, -0.25) is 14.4 Å². The molecule has 0 spiro atoms. The van der Waals surface area contributed by atoms with Crippen LogP contribution in [0.15, 0.2) is 48.5 Å². The van der Waals surface area contributed by atoms with Crippen LogP contribution in [-0.4, -0.2) is 54.0 Å². The number of hydrogen-bond donors (Lipinski definition) is 1. The number of aromatic amines is 1. The molecule has 0 radical (unpaired) electrons. The van der Waals surface area contributed by atoms with Gasteiger partial charge in [0, 0.05) is 49.0 Å². The van der Waals surface area contributed by atoms with Gasteiger partial charge in [-0.15, -0.1) is 0 Å². The molecule has 3 heterocycles. The molecule has 6 atom stereocenters. The Bertz CT molecular complexity index is 1410. The Morgan fingerprint density at radius 1 is 0.895 bits per heavy atom. The molecule has 9 heteroatoms. The van der Waals surface area contributed by atoms with E-state index in [9.17, 15) is 14.4 Å². The maximum absolute atomic E-state index is 12.3. The van der Waals surface area contributed by atoms with Crippen LogP contribution >= 0.6 is 0 Å². The van der Waals surface area contributed by atoms with E-state index in [4.69, 9.17) is 18.9 Å². The normalized spacial score (nSPS) is 27.7. The van der Waals surface area contributed by atoms with E-state index in [1.54, 1.807) is 0 Å². The predicted octanol–water partition coefficient (Wildman–Crippen LogP) is 3.91. The predicted molar refractivity (Wildman–Crippen MR) is 137 cm³/mol. The maximum atomic E-state index is 12.3. The number of nitrogens with one attached hydrogen (secondary N) is 1. The van der Waals surface area contributed by atoms with Crippen molar-refractivity contribution in [2.45, 2.75) is 70.1 Å². The number of rotatable bonds is 4. The van der Waals surface area contributed by atoms with E-state index < -0.39 is 42.4 Å². The van der Waals surface area contributed by atoms with E-state index in [1.165, 1.54) is 37.3 Å². The lowest BCUT2D eigenvalue weighted by Gasteiger charge is -2.47. The zero-order valence-corrected chi connectivity index (χ0v) is 21.5. The Morgan fingerprint density at radius 3 is 2.34 bits per heavy atom. The lowest BCUT2D eigenvalue weighted by Crippen LogP contribution is -2.62. The van der Waals surface area contributed by atoms with Gasteiger partial charge in [0.05, 0.1) is 12.6 Å². The van der Waals surface area contributed by atoms with E-state index in [0.29, 0.717) is 0 Å². The third kappa shape index (κ3) is 4.01. The average molecular weight is 519 g/mol. The summed E-state index contributed by atoms with van der Waals surface area (Å²) in [5, 5.41) is 1.20. The third-order valence-corrected chi connectivity index (χ3v) is 7.74. The van der Waals surface area contributed by atoms with Crippen LogP contribution < -0.4 is 4.90 Å². The van der Waals surface area contributed by atoms with Crippen molar-refractivity contribution in [1.82, 2.24) is 4.98 Å². The second-order valence-corrected chi connectivity index (χ2v) is 10.1. The van der Waals surface area contributed by atoms with Crippen molar-refractivity contribution in [1.29, 1.82) is 0 Å². The van der Waals surface area contributed by atoms with Crippen molar-refractivity contribution in [3.05, 3.63) is 65.4 Å². The summed E-state index contributed by atoms with van der Waals surface area (Å²) in [7, 11) is 0. The highest BCUT2D eigenvalue weighted by molar-refractivity contribution is 5.86. The minimum atomic E-state index is -1.03. The number of nitrogens with zero attached hydrogens (tertiary/aromatic N) is 1. The number of H-pyrrole nitrogens is 1. The topological polar surface area (TPSA) is 107 Å². The highest BCUT2D eigenvalue weighted by atomic mass is 16.6. The van der Waals surface area contributed by atoms with Gasteiger partial charge in [-0.05, 0) is 36.1 Å². The summed E-state index contributed by atoms with van der Waals surface area (Å²) >= 11 is 0. The van der Waals surface area contributed by atoms with E-state index in [2.05, 4.69) is 28.1 Å². The second kappa shape index (κ2) is 9.47. The average Bonchev–Trinajstić information content (AvgIpc) is 3.41. The molecule has 38 heavy (non-hydrogen) atoms. The molecule has 6 rings (SSSR count). The van der Waals surface area contributed by atoms with E-state index >= 15 is 0 Å². The fourth-order valence-electron chi connectivity index (χ4n) is 6.50. The monoisotopic (exact) mass is 518 g/mol. The number of anilines is 1. The van der Waals surface area contributed by atoms with Gasteiger partial charge in [0.25, 0.3) is 0 Å². The molecule has 0 bridgehead atoms. The molecule has 1 fully saturated rings. The zero-order valence-electron chi connectivity index (χ0n) is 21.5. The van der Waals surface area contributed by atoms with Crippen LogP contribution in [0.25, 0.3) is 10.9 Å². The third-order valence-electron chi connectivity index (χ3n) is 7.74. The molecule has 198 valence electrons. The number of carbonyl (C=O) groups excluding carboxylic acids is 3. The molecule has 2 aliphatic heterocycles. The molecular formula is C29H30N2O7. The Hall–Kier alpha value is -3.85. The van der Waals surface area contributed by atoms with Crippen LogP contribution in [-0.2, 0) is 39.8 Å². The Morgan fingerprint density at radius 2 is 1.58 bits per heavy atom. The zero-order chi connectivity index (χ0) is 26.6. The molecule has 3 aliphatic rings. The van der Waals surface area contributed by atoms with E-state index in [0.717, 1.165) is 29.7 Å². The van der Waals surface area contributed by atoms with Crippen LogP contribution in [0.4, 0.5) is 5.69 Å². The Labute approximate surface area is 220 Å². The van der Waals surface area contributed by atoms with Crippen LogP contribution in [0.5, 0.6) is 0 Å². The number of esters is 3. The largest absolute Gasteiger partial charge is 0.456 e. The van der Waals surface area contributed by atoms with Gasteiger partial charge in [0.1, 0.15) is 0 Å². The van der Waals surface area contributed by atoms with Crippen LogP contribution in [0.1, 0.15) is 56.0 Å². The lowest BCUT2D eigenvalue weighted by molar-refractivity contribution is -0.226. The number of carbonyl (C=O) groups is 3. The number of para-hydroxylation sites is 2. The lowest BCUT2D eigenvalue weighted by atomic mass is 9.80. The molecular weight excluding hydrogens is 488 g/mol. The SMILES string of the molecule is CC(=O)OC1COC(N2c3ccccc3[C@H]3CCc4c([nH]c5ccccc45)[C@H]32)C(OC(C)=O)C1OC(C)=O. The number of aromatic nitrogens is 1. The number of aryl methyl sites for hydroxylation is 1. The first-order chi connectivity index (χ1) is 18.3. The maximum Gasteiger partial charge on any atom is 0.303 e. The van der Waals surface area contributed by atoms with Crippen molar-refractivity contribution in [3.63, 3.8) is 0 Å². The van der Waals surface area contributed by atoms with Crippen molar-refractivity contribution >= 4 is 34.5 Å². The first-order valence-corrected chi connectivity index (χ1v) is 12.9. The summed E-state index contributed by atoms with van der Waals surface area (Å²) in [5.74, 6) is -1.48. The number of hydrogen-bond acceptors (Lipinski definition) is 8. The van der Waals surface area contributed by atoms with Crippen LogP contribution in [0, 0.1) is 0 Å². The number of ether oxygens (including phenoxy) is 4. The molecule has 1 aromatic heterocycles. The molecule has 0 saturated carbocycles.